The van der Waals surface area contributed by atoms with Crippen LogP contribution in [-0.4, -0.2) is 29.1 Å². The number of carbonyl (C=O) groups excluding carboxylic acids is 1. The van der Waals surface area contributed by atoms with Crippen LogP contribution >= 0.6 is 15.9 Å². The quantitative estimate of drug-likeness (QED) is 0.827. The van der Waals surface area contributed by atoms with Gasteiger partial charge in [0, 0.05) is 6.07 Å². The van der Waals surface area contributed by atoms with E-state index in [1.807, 2.05) is 0 Å². The number of hydrogen-bond donors (Lipinski definition) is 2. The van der Waals surface area contributed by atoms with Gasteiger partial charge in [0.1, 0.15) is 16.0 Å². The van der Waals surface area contributed by atoms with Gasteiger partial charge in [0.2, 0.25) is 0 Å². The Morgan fingerprint density at radius 1 is 1.29 bits per heavy atom. The molecule has 7 heteroatoms. The van der Waals surface area contributed by atoms with Gasteiger partial charge in [0.05, 0.1) is 18.4 Å². The summed E-state index contributed by atoms with van der Waals surface area (Å²) in [5, 5.41) is 11.7. The zero-order chi connectivity index (χ0) is 15.4. The van der Waals surface area contributed by atoms with E-state index in [0.717, 1.165) is 0 Å². The summed E-state index contributed by atoms with van der Waals surface area (Å²) in [6.07, 6.45) is 0. The Balaban J connectivity index is 2.33. The Labute approximate surface area is 128 Å². The normalized spacial score (nSPS) is 10.0. The summed E-state index contributed by atoms with van der Waals surface area (Å²) in [6.45, 7) is 0. The summed E-state index contributed by atoms with van der Waals surface area (Å²) in [4.78, 5) is 27.3. The van der Waals surface area contributed by atoms with Gasteiger partial charge >= 0.3 is 5.97 Å². The summed E-state index contributed by atoms with van der Waals surface area (Å²) in [7, 11) is 1.46. The van der Waals surface area contributed by atoms with Crippen LogP contribution in [0.25, 0.3) is 0 Å². The van der Waals surface area contributed by atoms with Crippen molar-refractivity contribution >= 4 is 33.5 Å². The molecule has 6 nitrogen and oxygen atoms in total. The smallest absolute Gasteiger partial charge is 0.337 e. The molecule has 1 aromatic carbocycles. The first-order valence-corrected chi connectivity index (χ1v) is 6.66. The van der Waals surface area contributed by atoms with Crippen LogP contribution in [0.3, 0.4) is 0 Å². The number of benzene rings is 1. The molecular weight excluding hydrogens is 340 g/mol. The molecule has 2 aromatic rings. The average Bonchev–Trinajstić information content (AvgIpc) is 2.46. The van der Waals surface area contributed by atoms with Gasteiger partial charge in [0.15, 0.2) is 0 Å². The fourth-order valence-electron chi connectivity index (χ4n) is 1.66. The minimum absolute atomic E-state index is 0.0286. The molecule has 21 heavy (non-hydrogen) atoms. The van der Waals surface area contributed by atoms with E-state index in [2.05, 4.69) is 26.2 Å². The van der Waals surface area contributed by atoms with Gasteiger partial charge in [-0.1, -0.05) is 6.07 Å². The average molecular weight is 351 g/mol. The highest BCUT2D eigenvalue weighted by Crippen LogP contribution is 2.23. The minimum atomic E-state index is -1.14. The lowest BCUT2D eigenvalue weighted by Crippen LogP contribution is -2.16. The van der Waals surface area contributed by atoms with Crippen molar-refractivity contribution in [1.82, 2.24) is 4.98 Å². The SMILES string of the molecule is COc1ccc(C(=O)O)c(NC(=O)c2cccc(Br)n2)c1. The molecule has 0 bridgehead atoms. The van der Waals surface area contributed by atoms with E-state index in [0.29, 0.717) is 10.4 Å². The van der Waals surface area contributed by atoms with E-state index in [4.69, 9.17) is 9.84 Å². The minimum Gasteiger partial charge on any atom is -0.497 e. The summed E-state index contributed by atoms with van der Waals surface area (Å²) >= 11 is 3.17. The number of amides is 1. The monoisotopic (exact) mass is 350 g/mol. The van der Waals surface area contributed by atoms with Crippen molar-refractivity contribution in [2.75, 3.05) is 12.4 Å². The number of aromatic nitrogens is 1. The largest absolute Gasteiger partial charge is 0.497 e. The maximum Gasteiger partial charge on any atom is 0.337 e. The van der Waals surface area contributed by atoms with Crippen LogP contribution in [0.5, 0.6) is 5.75 Å². The van der Waals surface area contributed by atoms with Crippen molar-refractivity contribution in [3.05, 3.63) is 52.3 Å². The molecule has 2 N–H and O–H groups in total. The summed E-state index contributed by atoms with van der Waals surface area (Å²) < 4.78 is 5.54. The number of halogens is 1. The zero-order valence-corrected chi connectivity index (χ0v) is 12.5. The number of nitrogens with zero attached hydrogens (tertiary/aromatic N) is 1. The fraction of sp³-hybridized carbons (Fsp3) is 0.0714. The topological polar surface area (TPSA) is 88.5 Å². The molecule has 108 valence electrons. The van der Waals surface area contributed by atoms with E-state index >= 15 is 0 Å². The van der Waals surface area contributed by atoms with Gasteiger partial charge in [-0.25, -0.2) is 9.78 Å². The molecule has 0 aliphatic carbocycles. The van der Waals surface area contributed by atoms with E-state index < -0.39 is 11.9 Å². The van der Waals surface area contributed by atoms with Crippen molar-refractivity contribution in [3.8, 4) is 5.75 Å². The maximum absolute atomic E-state index is 12.1. The van der Waals surface area contributed by atoms with Gasteiger partial charge in [-0.3, -0.25) is 4.79 Å². The number of pyridine rings is 1. The summed E-state index contributed by atoms with van der Waals surface area (Å²) in [5.41, 5.74) is 0.288. The van der Waals surface area contributed by atoms with Crippen LogP contribution in [0.1, 0.15) is 20.8 Å². The molecule has 1 aromatic heterocycles. The van der Waals surface area contributed by atoms with Crippen LogP contribution in [0.15, 0.2) is 41.0 Å². The van der Waals surface area contributed by atoms with Crippen LogP contribution < -0.4 is 10.1 Å². The number of carboxylic acid groups (broad SMARTS) is 1. The first-order chi connectivity index (χ1) is 10.0. The Morgan fingerprint density at radius 3 is 2.67 bits per heavy atom. The van der Waals surface area contributed by atoms with Crippen LogP contribution in [0.4, 0.5) is 5.69 Å². The zero-order valence-electron chi connectivity index (χ0n) is 11.0. The van der Waals surface area contributed by atoms with E-state index in [1.54, 1.807) is 12.1 Å². The third-order valence-electron chi connectivity index (χ3n) is 2.65. The number of hydrogen-bond acceptors (Lipinski definition) is 4. The molecule has 0 unspecified atom stereocenters. The standard InChI is InChI=1S/C14H11BrN2O4/c1-21-8-5-6-9(14(19)20)11(7-8)17-13(18)10-3-2-4-12(15)16-10/h2-7H,1H3,(H,17,18)(H,19,20). The number of nitrogens with one attached hydrogen (secondary N) is 1. The molecule has 0 spiro atoms. The molecule has 0 saturated carbocycles. The Kier molecular flexibility index (Phi) is 4.54. The molecule has 0 fully saturated rings. The van der Waals surface area contributed by atoms with Crippen molar-refractivity contribution in [1.29, 1.82) is 0 Å². The first-order valence-electron chi connectivity index (χ1n) is 5.86. The lowest BCUT2D eigenvalue weighted by atomic mass is 10.1. The fourth-order valence-corrected chi connectivity index (χ4v) is 2.00. The van der Waals surface area contributed by atoms with Crippen LogP contribution in [-0.2, 0) is 0 Å². The lowest BCUT2D eigenvalue weighted by molar-refractivity contribution is 0.0698. The molecule has 0 atom stereocenters. The van der Waals surface area contributed by atoms with Crippen LogP contribution in [0, 0.1) is 0 Å². The number of rotatable bonds is 4. The number of ether oxygens (including phenoxy) is 1. The summed E-state index contributed by atoms with van der Waals surface area (Å²) in [6, 6.07) is 9.20. The van der Waals surface area contributed by atoms with Crippen molar-refractivity contribution in [3.63, 3.8) is 0 Å². The first kappa shape index (κ1) is 15.0. The van der Waals surface area contributed by atoms with Gasteiger partial charge in [-0.2, -0.15) is 0 Å². The predicted molar refractivity (Wildman–Crippen MR) is 79.8 cm³/mol. The molecule has 1 heterocycles. The van der Waals surface area contributed by atoms with Crippen LogP contribution in [0.2, 0.25) is 0 Å². The Hall–Kier alpha value is -2.41. The number of carboxylic acids is 1. The highest BCUT2D eigenvalue weighted by molar-refractivity contribution is 9.10. The third kappa shape index (κ3) is 3.57. The number of anilines is 1. The highest BCUT2D eigenvalue weighted by Gasteiger charge is 2.15. The Morgan fingerprint density at radius 2 is 2.05 bits per heavy atom. The van der Waals surface area contributed by atoms with Gasteiger partial charge < -0.3 is 15.2 Å². The van der Waals surface area contributed by atoms with E-state index in [-0.39, 0.29) is 16.9 Å². The molecule has 1 amide bonds. The second-order valence-corrected chi connectivity index (χ2v) is 4.83. The highest BCUT2D eigenvalue weighted by atomic mass is 79.9. The van der Waals surface area contributed by atoms with Crippen molar-refractivity contribution in [2.45, 2.75) is 0 Å². The molecule has 0 saturated heterocycles. The Bertz CT molecular complexity index is 703. The van der Waals surface area contributed by atoms with Gasteiger partial charge in [-0.05, 0) is 40.2 Å². The molecule has 2 rings (SSSR count). The number of carbonyl (C=O) groups is 2. The molecular formula is C14H11BrN2O4. The summed E-state index contributed by atoms with van der Waals surface area (Å²) in [5.74, 6) is -1.21. The molecule has 0 aliphatic heterocycles. The second kappa shape index (κ2) is 6.36. The maximum atomic E-state index is 12.1. The lowest BCUT2D eigenvalue weighted by Gasteiger charge is -2.10. The molecule has 0 aliphatic rings. The van der Waals surface area contributed by atoms with Gasteiger partial charge in [-0.15, -0.1) is 0 Å². The predicted octanol–water partition coefficient (Wildman–Crippen LogP) is 2.80. The van der Waals surface area contributed by atoms with E-state index in [1.165, 1.54) is 31.4 Å². The molecule has 0 radical (unpaired) electrons. The van der Waals surface area contributed by atoms with E-state index in [9.17, 15) is 9.59 Å². The third-order valence-corrected chi connectivity index (χ3v) is 3.09. The second-order valence-electron chi connectivity index (χ2n) is 4.02. The van der Waals surface area contributed by atoms with Gasteiger partial charge in [0.25, 0.3) is 5.91 Å². The number of aromatic carboxylic acids is 1. The van der Waals surface area contributed by atoms with Crippen molar-refractivity contribution in [2.24, 2.45) is 0 Å². The van der Waals surface area contributed by atoms with Crippen molar-refractivity contribution < 1.29 is 19.4 Å². The number of methoxy groups -OCH3 is 1.